The van der Waals surface area contributed by atoms with Crippen molar-refractivity contribution in [2.45, 2.75) is 6.10 Å². The van der Waals surface area contributed by atoms with Gasteiger partial charge in [0.15, 0.2) is 6.10 Å². The van der Waals surface area contributed by atoms with E-state index in [9.17, 15) is 9.90 Å². The molecule has 1 atom stereocenters. The van der Waals surface area contributed by atoms with Crippen LogP contribution in [0, 0.1) is 0 Å². The zero-order valence-corrected chi connectivity index (χ0v) is 12.9. The largest absolute Gasteiger partial charge is 0.497 e. The summed E-state index contributed by atoms with van der Waals surface area (Å²) < 4.78 is 10.3. The van der Waals surface area contributed by atoms with Crippen LogP contribution < -0.4 is 14.9 Å². The minimum atomic E-state index is -1.27. The van der Waals surface area contributed by atoms with E-state index in [-0.39, 0.29) is 0 Å². The highest BCUT2D eigenvalue weighted by atomic mass is 16.5. The predicted octanol–water partition coefficient (Wildman–Crippen LogP) is 1.89. The Bertz CT molecular complexity index is 686. The van der Waals surface area contributed by atoms with Gasteiger partial charge in [-0.25, -0.2) is 5.43 Å². The number of hydrogen-bond acceptors (Lipinski definition) is 5. The Morgan fingerprint density at radius 2 is 1.91 bits per heavy atom. The molecule has 0 aliphatic rings. The van der Waals surface area contributed by atoms with Gasteiger partial charge in [-0.1, -0.05) is 30.3 Å². The molecule has 0 unspecified atom stereocenters. The molecule has 2 aromatic rings. The molecule has 6 heteroatoms. The average molecular weight is 314 g/mol. The Hall–Kier alpha value is -2.86. The smallest absolute Gasteiger partial charge is 0.273 e. The summed E-state index contributed by atoms with van der Waals surface area (Å²) in [6.45, 7) is 0. The number of benzene rings is 2. The number of carbonyl (C=O) groups excluding carboxylic acids is 1. The highest BCUT2D eigenvalue weighted by Crippen LogP contribution is 2.23. The fourth-order valence-corrected chi connectivity index (χ4v) is 1.94. The Labute approximate surface area is 134 Å². The van der Waals surface area contributed by atoms with Crippen LogP contribution in [0.4, 0.5) is 0 Å². The zero-order valence-electron chi connectivity index (χ0n) is 12.9. The van der Waals surface area contributed by atoms with Crippen LogP contribution >= 0.6 is 0 Å². The second-order valence-electron chi connectivity index (χ2n) is 4.66. The summed E-state index contributed by atoms with van der Waals surface area (Å²) in [5, 5.41) is 13.8. The van der Waals surface area contributed by atoms with Gasteiger partial charge < -0.3 is 14.6 Å². The Kier molecular flexibility index (Phi) is 5.71. The number of carbonyl (C=O) groups is 1. The first-order valence-corrected chi connectivity index (χ1v) is 6.93. The maximum atomic E-state index is 11.9. The number of nitrogens with one attached hydrogen (secondary N) is 1. The predicted molar refractivity (Wildman–Crippen MR) is 86.7 cm³/mol. The monoisotopic (exact) mass is 314 g/mol. The first-order chi connectivity index (χ1) is 11.2. The molecule has 0 radical (unpaired) electrons. The van der Waals surface area contributed by atoms with Crippen molar-refractivity contribution in [1.82, 2.24) is 5.43 Å². The maximum Gasteiger partial charge on any atom is 0.273 e. The first kappa shape index (κ1) is 16.5. The highest BCUT2D eigenvalue weighted by molar-refractivity contribution is 5.87. The fourth-order valence-electron chi connectivity index (χ4n) is 1.94. The van der Waals surface area contributed by atoms with Crippen LogP contribution in [-0.4, -0.2) is 31.4 Å². The maximum absolute atomic E-state index is 11.9. The average Bonchev–Trinajstić information content (AvgIpc) is 2.61. The molecule has 6 nitrogen and oxygen atoms in total. The number of methoxy groups -OCH3 is 2. The third kappa shape index (κ3) is 4.31. The summed E-state index contributed by atoms with van der Waals surface area (Å²) in [7, 11) is 3.09. The SMILES string of the molecule is COc1ccc(/C=N\NC(=O)[C@@H](O)c2ccccc2)c(OC)c1. The van der Waals surface area contributed by atoms with Gasteiger partial charge in [0.2, 0.25) is 0 Å². The topological polar surface area (TPSA) is 80.2 Å². The zero-order chi connectivity index (χ0) is 16.7. The van der Waals surface area contributed by atoms with E-state index < -0.39 is 12.0 Å². The third-order valence-electron chi connectivity index (χ3n) is 3.18. The van der Waals surface area contributed by atoms with Gasteiger partial charge in [-0.3, -0.25) is 4.79 Å². The number of rotatable bonds is 6. The highest BCUT2D eigenvalue weighted by Gasteiger charge is 2.16. The van der Waals surface area contributed by atoms with Crippen molar-refractivity contribution in [2.24, 2.45) is 5.10 Å². The van der Waals surface area contributed by atoms with Crippen LogP contribution in [0.1, 0.15) is 17.2 Å². The lowest BCUT2D eigenvalue weighted by Crippen LogP contribution is -2.25. The molecule has 1 amide bonds. The van der Waals surface area contributed by atoms with Crippen LogP contribution in [-0.2, 0) is 4.79 Å². The molecule has 2 rings (SSSR count). The van der Waals surface area contributed by atoms with E-state index >= 15 is 0 Å². The van der Waals surface area contributed by atoms with E-state index in [1.807, 2.05) is 6.07 Å². The van der Waals surface area contributed by atoms with Gasteiger partial charge in [0, 0.05) is 11.6 Å². The molecule has 0 aliphatic carbocycles. The van der Waals surface area contributed by atoms with Crippen LogP contribution in [0.2, 0.25) is 0 Å². The van der Waals surface area contributed by atoms with Crippen molar-refractivity contribution in [1.29, 1.82) is 0 Å². The summed E-state index contributed by atoms with van der Waals surface area (Å²) >= 11 is 0. The van der Waals surface area contributed by atoms with Crippen LogP contribution in [0.5, 0.6) is 11.5 Å². The van der Waals surface area contributed by atoms with Gasteiger partial charge in [-0.15, -0.1) is 0 Å². The lowest BCUT2D eigenvalue weighted by Gasteiger charge is -2.09. The molecular formula is C17H18N2O4. The normalized spacial score (nSPS) is 12.0. The summed E-state index contributed by atoms with van der Waals surface area (Å²) in [5.41, 5.74) is 3.47. The van der Waals surface area contributed by atoms with Crippen molar-refractivity contribution in [3.8, 4) is 11.5 Å². The lowest BCUT2D eigenvalue weighted by atomic mass is 10.1. The van der Waals surface area contributed by atoms with E-state index in [4.69, 9.17) is 9.47 Å². The number of hydrazone groups is 1. The standard InChI is InChI=1S/C17H18N2O4/c1-22-14-9-8-13(15(10-14)23-2)11-18-19-17(21)16(20)12-6-4-3-5-7-12/h3-11,16,20H,1-2H3,(H,19,21)/b18-11-/t16-/m0/s1. The third-order valence-corrected chi connectivity index (χ3v) is 3.18. The molecule has 2 N–H and O–H groups in total. The minimum Gasteiger partial charge on any atom is -0.497 e. The second kappa shape index (κ2) is 7.95. The van der Waals surface area contributed by atoms with Gasteiger partial charge in [0.25, 0.3) is 5.91 Å². The lowest BCUT2D eigenvalue weighted by molar-refractivity contribution is -0.129. The van der Waals surface area contributed by atoms with E-state index in [2.05, 4.69) is 10.5 Å². The molecule has 0 saturated carbocycles. The fraction of sp³-hybridized carbons (Fsp3) is 0.176. The number of amides is 1. The first-order valence-electron chi connectivity index (χ1n) is 6.93. The minimum absolute atomic E-state index is 0.502. The summed E-state index contributed by atoms with van der Waals surface area (Å²) in [6, 6.07) is 13.9. The van der Waals surface area contributed by atoms with E-state index in [1.165, 1.54) is 13.3 Å². The summed E-state index contributed by atoms with van der Waals surface area (Å²) in [5.74, 6) is 0.605. The van der Waals surface area contributed by atoms with Gasteiger partial charge >= 0.3 is 0 Å². The number of aliphatic hydroxyl groups excluding tert-OH is 1. The molecule has 0 saturated heterocycles. The molecular weight excluding hydrogens is 296 g/mol. The molecule has 2 aromatic carbocycles. The number of aliphatic hydroxyl groups is 1. The van der Waals surface area contributed by atoms with E-state index in [0.717, 1.165) is 0 Å². The molecule has 0 spiro atoms. The second-order valence-corrected chi connectivity index (χ2v) is 4.66. The molecule has 23 heavy (non-hydrogen) atoms. The molecule has 0 aliphatic heterocycles. The number of hydrogen-bond donors (Lipinski definition) is 2. The van der Waals surface area contributed by atoms with Gasteiger partial charge in [-0.2, -0.15) is 5.10 Å². The Morgan fingerprint density at radius 1 is 1.17 bits per heavy atom. The van der Waals surface area contributed by atoms with Crippen molar-refractivity contribution < 1.29 is 19.4 Å². The van der Waals surface area contributed by atoms with Crippen LogP contribution in [0.15, 0.2) is 53.6 Å². The van der Waals surface area contributed by atoms with E-state index in [1.54, 1.807) is 49.6 Å². The summed E-state index contributed by atoms with van der Waals surface area (Å²) in [4.78, 5) is 11.9. The number of ether oxygens (including phenoxy) is 2. The molecule has 0 aromatic heterocycles. The van der Waals surface area contributed by atoms with Gasteiger partial charge in [-0.05, 0) is 17.7 Å². The quantitative estimate of drug-likeness (QED) is 0.630. The number of nitrogens with zero attached hydrogens (tertiary/aromatic N) is 1. The van der Waals surface area contributed by atoms with Crippen molar-refractivity contribution in [3.63, 3.8) is 0 Å². The van der Waals surface area contributed by atoms with Gasteiger partial charge in [0.1, 0.15) is 11.5 Å². The van der Waals surface area contributed by atoms with Crippen LogP contribution in [0.3, 0.4) is 0 Å². The van der Waals surface area contributed by atoms with Gasteiger partial charge in [0.05, 0.1) is 20.4 Å². The van der Waals surface area contributed by atoms with Crippen molar-refractivity contribution in [2.75, 3.05) is 14.2 Å². The molecule has 0 fully saturated rings. The van der Waals surface area contributed by atoms with Crippen molar-refractivity contribution >= 4 is 12.1 Å². The molecule has 0 bridgehead atoms. The van der Waals surface area contributed by atoms with E-state index in [0.29, 0.717) is 22.6 Å². The Balaban J connectivity index is 2.02. The van der Waals surface area contributed by atoms with Crippen LogP contribution in [0.25, 0.3) is 0 Å². The molecule has 120 valence electrons. The van der Waals surface area contributed by atoms with Crippen molar-refractivity contribution in [3.05, 3.63) is 59.7 Å². The molecule has 0 heterocycles. The summed E-state index contributed by atoms with van der Waals surface area (Å²) in [6.07, 6.45) is 0.166. The Morgan fingerprint density at radius 3 is 2.57 bits per heavy atom.